The van der Waals surface area contributed by atoms with Gasteiger partial charge in [0.05, 0.1) is 0 Å². The predicted molar refractivity (Wildman–Crippen MR) is 119 cm³/mol. The van der Waals surface area contributed by atoms with Crippen LogP contribution in [0.15, 0.2) is 54.7 Å². The first-order valence-corrected chi connectivity index (χ1v) is 9.86. The largest absolute Gasteiger partial charge is 0.483 e. The Balaban J connectivity index is 1.93. The molecule has 0 spiro atoms. The summed E-state index contributed by atoms with van der Waals surface area (Å²) >= 11 is 0. The molecule has 2 aromatic heterocycles. The Hall–Kier alpha value is -3.87. The van der Waals surface area contributed by atoms with Gasteiger partial charge in [0, 0.05) is 17.4 Å². The molecule has 0 saturated carbocycles. The molecule has 1 amide bonds. The van der Waals surface area contributed by atoms with Gasteiger partial charge in [0.1, 0.15) is 28.7 Å². The molecule has 0 atom stereocenters. The van der Waals surface area contributed by atoms with Crippen LogP contribution in [0.25, 0.3) is 16.9 Å². The van der Waals surface area contributed by atoms with Gasteiger partial charge in [-0.05, 0) is 61.7 Å². The van der Waals surface area contributed by atoms with Crippen molar-refractivity contribution < 1.29 is 13.9 Å². The van der Waals surface area contributed by atoms with E-state index in [-0.39, 0.29) is 12.4 Å². The van der Waals surface area contributed by atoms with E-state index in [0.717, 1.165) is 22.4 Å². The standard InChI is InChI=1S/C24H23FN4O2/c1-14-7-9-18(19(11-14)31-13-20(26)30)23-24(28-22-15(2)5-4-6-16(22)3)29-12-17(25)8-10-21(29)27-23/h4-12,28H,13H2,1-3H3,(H2,26,30). The third-order valence-corrected chi connectivity index (χ3v) is 5.07. The van der Waals surface area contributed by atoms with Gasteiger partial charge in [-0.3, -0.25) is 9.20 Å². The number of primary amides is 1. The third kappa shape index (κ3) is 4.07. The van der Waals surface area contributed by atoms with Crippen molar-refractivity contribution in [3.8, 4) is 17.0 Å². The molecule has 31 heavy (non-hydrogen) atoms. The Labute approximate surface area is 179 Å². The molecule has 7 heteroatoms. The zero-order valence-electron chi connectivity index (χ0n) is 17.6. The SMILES string of the molecule is Cc1ccc(-c2nc3ccc(F)cn3c2Nc2c(C)cccc2C)c(OCC(N)=O)c1. The number of halogens is 1. The Morgan fingerprint density at radius 3 is 2.58 bits per heavy atom. The highest BCUT2D eigenvalue weighted by Crippen LogP contribution is 2.38. The fourth-order valence-electron chi connectivity index (χ4n) is 3.55. The molecule has 6 nitrogen and oxygen atoms in total. The molecule has 4 aromatic rings. The molecule has 0 saturated heterocycles. The molecule has 0 aliphatic rings. The van der Waals surface area contributed by atoms with Crippen molar-refractivity contribution in [1.29, 1.82) is 0 Å². The number of hydrogen-bond donors (Lipinski definition) is 2. The molecule has 0 aliphatic carbocycles. The molecule has 0 bridgehead atoms. The molecule has 2 heterocycles. The topological polar surface area (TPSA) is 81.7 Å². The summed E-state index contributed by atoms with van der Waals surface area (Å²) < 4.78 is 21.5. The number of carbonyl (C=O) groups excluding carboxylic acids is 1. The van der Waals surface area contributed by atoms with Gasteiger partial charge in [-0.2, -0.15) is 0 Å². The fraction of sp³-hybridized carbons (Fsp3) is 0.167. The number of aromatic nitrogens is 2. The van der Waals surface area contributed by atoms with Gasteiger partial charge in [0.2, 0.25) is 0 Å². The highest BCUT2D eigenvalue weighted by Gasteiger charge is 2.20. The first-order chi connectivity index (χ1) is 14.8. The maximum atomic E-state index is 14.1. The van der Waals surface area contributed by atoms with Crippen LogP contribution in [0.5, 0.6) is 5.75 Å². The van der Waals surface area contributed by atoms with Gasteiger partial charge >= 0.3 is 0 Å². The van der Waals surface area contributed by atoms with Crippen molar-refractivity contribution >= 4 is 23.1 Å². The second kappa shape index (κ2) is 8.10. The van der Waals surface area contributed by atoms with E-state index in [0.29, 0.717) is 28.5 Å². The molecule has 0 radical (unpaired) electrons. The maximum absolute atomic E-state index is 14.1. The fourth-order valence-corrected chi connectivity index (χ4v) is 3.55. The van der Waals surface area contributed by atoms with Gasteiger partial charge in [-0.25, -0.2) is 9.37 Å². The lowest BCUT2D eigenvalue weighted by molar-refractivity contribution is -0.119. The van der Waals surface area contributed by atoms with Crippen LogP contribution in [0, 0.1) is 26.6 Å². The number of nitrogens with zero attached hydrogens (tertiary/aromatic N) is 2. The van der Waals surface area contributed by atoms with Gasteiger partial charge < -0.3 is 15.8 Å². The van der Waals surface area contributed by atoms with Crippen LogP contribution >= 0.6 is 0 Å². The van der Waals surface area contributed by atoms with Gasteiger partial charge in [-0.1, -0.05) is 24.3 Å². The van der Waals surface area contributed by atoms with E-state index >= 15 is 0 Å². The van der Waals surface area contributed by atoms with Crippen molar-refractivity contribution in [3.05, 3.63) is 77.2 Å². The number of nitrogens with two attached hydrogens (primary N) is 1. The summed E-state index contributed by atoms with van der Waals surface area (Å²) in [6.07, 6.45) is 1.39. The minimum absolute atomic E-state index is 0.252. The van der Waals surface area contributed by atoms with E-state index < -0.39 is 5.91 Å². The molecule has 0 fully saturated rings. The average Bonchev–Trinajstić information content (AvgIpc) is 3.06. The van der Waals surface area contributed by atoms with Crippen LogP contribution in [0.1, 0.15) is 16.7 Å². The molecule has 158 valence electrons. The lowest BCUT2D eigenvalue weighted by Gasteiger charge is -2.15. The number of imidazole rings is 1. The van der Waals surface area contributed by atoms with Gasteiger partial charge in [0.25, 0.3) is 5.91 Å². The van der Waals surface area contributed by atoms with E-state index in [1.54, 1.807) is 10.5 Å². The van der Waals surface area contributed by atoms with Gasteiger partial charge in [-0.15, -0.1) is 0 Å². The molecule has 0 unspecified atom stereocenters. The summed E-state index contributed by atoms with van der Waals surface area (Å²) in [6, 6.07) is 14.6. The minimum atomic E-state index is -0.571. The summed E-state index contributed by atoms with van der Waals surface area (Å²) in [5, 5.41) is 3.45. The number of pyridine rings is 1. The Bertz CT molecular complexity index is 1280. The number of fused-ring (bicyclic) bond motifs is 1. The Kier molecular flexibility index (Phi) is 5.33. The summed E-state index contributed by atoms with van der Waals surface area (Å²) in [5.74, 6) is 0.125. The normalized spacial score (nSPS) is 11.0. The second-order valence-electron chi connectivity index (χ2n) is 7.53. The van der Waals surface area contributed by atoms with E-state index in [2.05, 4.69) is 5.32 Å². The Morgan fingerprint density at radius 1 is 1.13 bits per heavy atom. The molecular weight excluding hydrogens is 395 g/mol. The van der Waals surface area contributed by atoms with Crippen molar-refractivity contribution in [1.82, 2.24) is 9.38 Å². The van der Waals surface area contributed by atoms with Crippen molar-refractivity contribution in [3.63, 3.8) is 0 Å². The number of para-hydroxylation sites is 1. The van der Waals surface area contributed by atoms with Crippen LogP contribution < -0.4 is 15.8 Å². The van der Waals surface area contributed by atoms with Crippen LogP contribution in [0.2, 0.25) is 0 Å². The zero-order valence-corrected chi connectivity index (χ0v) is 17.6. The third-order valence-electron chi connectivity index (χ3n) is 5.07. The van der Waals surface area contributed by atoms with Crippen molar-refractivity contribution in [2.45, 2.75) is 20.8 Å². The highest BCUT2D eigenvalue weighted by molar-refractivity contribution is 5.84. The number of benzene rings is 2. The van der Waals surface area contributed by atoms with Crippen LogP contribution in [0.4, 0.5) is 15.9 Å². The molecule has 3 N–H and O–H groups in total. The number of nitrogens with one attached hydrogen (secondary N) is 1. The highest BCUT2D eigenvalue weighted by atomic mass is 19.1. The number of rotatable bonds is 6. The van der Waals surface area contributed by atoms with E-state index in [1.165, 1.54) is 12.3 Å². The average molecular weight is 418 g/mol. The lowest BCUT2D eigenvalue weighted by Crippen LogP contribution is -2.20. The number of hydrogen-bond acceptors (Lipinski definition) is 4. The molecule has 2 aromatic carbocycles. The van der Waals surface area contributed by atoms with E-state index in [1.807, 2.05) is 57.2 Å². The summed E-state index contributed by atoms with van der Waals surface area (Å²) in [6.45, 7) is 5.69. The lowest BCUT2D eigenvalue weighted by atomic mass is 10.1. The van der Waals surface area contributed by atoms with Crippen molar-refractivity contribution in [2.24, 2.45) is 5.73 Å². The van der Waals surface area contributed by atoms with E-state index in [4.69, 9.17) is 15.5 Å². The number of aryl methyl sites for hydroxylation is 3. The smallest absolute Gasteiger partial charge is 0.255 e. The zero-order chi connectivity index (χ0) is 22.1. The van der Waals surface area contributed by atoms with Crippen LogP contribution in [0.3, 0.4) is 0 Å². The first kappa shape index (κ1) is 20.4. The van der Waals surface area contributed by atoms with Crippen LogP contribution in [-0.2, 0) is 4.79 Å². The summed E-state index contributed by atoms with van der Waals surface area (Å²) in [4.78, 5) is 16.0. The number of anilines is 2. The van der Waals surface area contributed by atoms with Gasteiger partial charge in [0.15, 0.2) is 6.61 Å². The molecular formula is C24H23FN4O2. The second-order valence-corrected chi connectivity index (χ2v) is 7.53. The number of ether oxygens (including phenoxy) is 1. The summed E-state index contributed by atoms with van der Waals surface area (Å²) in [5.41, 5.74) is 11.1. The van der Waals surface area contributed by atoms with Crippen molar-refractivity contribution in [2.75, 3.05) is 11.9 Å². The first-order valence-electron chi connectivity index (χ1n) is 9.86. The monoisotopic (exact) mass is 418 g/mol. The Morgan fingerprint density at radius 2 is 1.87 bits per heavy atom. The number of amides is 1. The predicted octanol–water partition coefficient (Wildman–Crippen LogP) is 4.67. The molecule has 0 aliphatic heterocycles. The number of carbonyl (C=O) groups is 1. The summed E-state index contributed by atoms with van der Waals surface area (Å²) in [7, 11) is 0. The van der Waals surface area contributed by atoms with E-state index in [9.17, 15) is 9.18 Å². The minimum Gasteiger partial charge on any atom is -0.483 e. The molecule has 4 rings (SSSR count). The quantitative estimate of drug-likeness (QED) is 0.477. The maximum Gasteiger partial charge on any atom is 0.255 e. The van der Waals surface area contributed by atoms with Crippen LogP contribution in [-0.4, -0.2) is 21.9 Å².